The Morgan fingerprint density at radius 2 is 2.00 bits per heavy atom. The Balaban J connectivity index is 2.08. The number of benzene rings is 1. The molecule has 1 aromatic rings. The largest absolute Gasteiger partial charge is 0.379 e. The van der Waals surface area contributed by atoms with Crippen LogP contribution in [0.15, 0.2) is 27.6 Å². The van der Waals surface area contributed by atoms with E-state index in [1.807, 2.05) is 0 Å². The van der Waals surface area contributed by atoms with Crippen molar-refractivity contribution in [2.24, 2.45) is 5.92 Å². The first-order chi connectivity index (χ1) is 11.3. The maximum absolute atomic E-state index is 12.6. The standard InChI is InChI=1S/C16H24BrClN2O3S/c1-12(2)9-14(20-5-7-23-8-6-20)11-19-24(21,22)16-4-3-13(17)10-15(16)18/h3-4,10,12,14,19H,5-9,11H2,1-2H3. The average molecular weight is 440 g/mol. The highest BCUT2D eigenvalue weighted by Gasteiger charge is 2.25. The molecule has 24 heavy (non-hydrogen) atoms. The van der Waals surface area contributed by atoms with Crippen LogP contribution in [-0.4, -0.2) is 52.2 Å². The van der Waals surface area contributed by atoms with E-state index in [2.05, 4.69) is 39.4 Å². The van der Waals surface area contributed by atoms with Crippen LogP contribution in [0, 0.1) is 5.92 Å². The van der Waals surface area contributed by atoms with Crippen LogP contribution in [0.4, 0.5) is 0 Å². The number of nitrogens with one attached hydrogen (secondary N) is 1. The Hall–Kier alpha value is -0.180. The van der Waals surface area contributed by atoms with Crippen LogP contribution < -0.4 is 4.72 Å². The van der Waals surface area contributed by atoms with Gasteiger partial charge < -0.3 is 4.74 Å². The lowest BCUT2D eigenvalue weighted by Gasteiger charge is -2.35. The Labute approximate surface area is 157 Å². The number of hydrogen-bond acceptors (Lipinski definition) is 4. The van der Waals surface area contributed by atoms with E-state index in [0.29, 0.717) is 25.7 Å². The highest BCUT2D eigenvalue weighted by Crippen LogP contribution is 2.25. The molecule has 1 saturated heterocycles. The quantitative estimate of drug-likeness (QED) is 0.709. The zero-order valence-corrected chi connectivity index (χ0v) is 17.1. The van der Waals surface area contributed by atoms with Crippen molar-refractivity contribution in [2.45, 2.75) is 31.2 Å². The second-order valence-electron chi connectivity index (χ2n) is 6.36. The van der Waals surface area contributed by atoms with Gasteiger partial charge in [0.05, 0.1) is 18.2 Å². The molecule has 0 aromatic heterocycles. The smallest absolute Gasteiger partial charge is 0.242 e. The van der Waals surface area contributed by atoms with Crippen LogP contribution in [-0.2, 0) is 14.8 Å². The van der Waals surface area contributed by atoms with Crippen molar-refractivity contribution >= 4 is 37.6 Å². The molecule has 0 bridgehead atoms. The number of hydrogen-bond donors (Lipinski definition) is 1. The Morgan fingerprint density at radius 3 is 2.58 bits per heavy atom. The van der Waals surface area contributed by atoms with Crippen molar-refractivity contribution in [1.82, 2.24) is 9.62 Å². The van der Waals surface area contributed by atoms with Crippen LogP contribution in [0.1, 0.15) is 20.3 Å². The number of sulfonamides is 1. The SMILES string of the molecule is CC(C)CC(CNS(=O)(=O)c1ccc(Br)cc1Cl)N1CCOCC1. The molecule has 1 aliphatic rings. The minimum atomic E-state index is -3.64. The zero-order chi connectivity index (χ0) is 17.7. The molecule has 2 rings (SSSR count). The molecule has 0 amide bonds. The van der Waals surface area contributed by atoms with Gasteiger partial charge in [-0.05, 0) is 30.5 Å². The first kappa shape index (κ1) is 20.1. The van der Waals surface area contributed by atoms with Crippen LogP contribution in [0.3, 0.4) is 0 Å². The Bertz CT molecular complexity index is 649. The number of nitrogens with zero attached hydrogens (tertiary/aromatic N) is 1. The Kier molecular flexibility index (Phi) is 7.52. The fraction of sp³-hybridized carbons (Fsp3) is 0.625. The third-order valence-electron chi connectivity index (χ3n) is 4.00. The van der Waals surface area contributed by atoms with Crippen molar-refractivity contribution in [3.8, 4) is 0 Å². The molecule has 1 heterocycles. The second-order valence-corrected chi connectivity index (χ2v) is 9.42. The fourth-order valence-corrected chi connectivity index (χ4v) is 4.93. The molecule has 1 fully saturated rings. The molecule has 136 valence electrons. The molecule has 1 aliphatic heterocycles. The van der Waals surface area contributed by atoms with Crippen LogP contribution in [0.25, 0.3) is 0 Å². The van der Waals surface area contributed by atoms with Crippen LogP contribution in [0.5, 0.6) is 0 Å². The van der Waals surface area contributed by atoms with E-state index in [0.717, 1.165) is 24.0 Å². The van der Waals surface area contributed by atoms with Gasteiger partial charge in [-0.2, -0.15) is 0 Å². The normalized spacial score (nSPS) is 18.0. The molecule has 1 aromatic carbocycles. The van der Waals surface area contributed by atoms with Gasteiger partial charge in [0.1, 0.15) is 4.90 Å². The van der Waals surface area contributed by atoms with Crippen molar-refractivity contribution in [3.63, 3.8) is 0 Å². The topological polar surface area (TPSA) is 58.6 Å². The number of rotatable bonds is 7. The minimum Gasteiger partial charge on any atom is -0.379 e. The molecule has 8 heteroatoms. The lowest BCUT2D eigenvalue weighted by atomic mass is 10.0. The van der Waals surface area contributed by atoms with E-state index in [4.69, 9.17) is 16.3 Å². The summed E-state index contributed by atoms with van der Waals surface area (Å²) in [6.45, 7) is 7.71. The summed E-state index contributed by atoms with van der Waals surface area (Å²) in [6, 6.07) is 4.93. The highest BCUT2D eigenvalue weighted by molar-refractivity contribution is 9.10. The molecule has 0 saturated carbocycles. The van der Waals surface area contributed by atoms with E-state index in [-0.39, 0.29) is 16.0 Å². The van der Waals surface area contributed by atoms with Gasteiger partial charge in [0.15, 0.2) is 0 Å². The molecule has 1 atom stereocenters. The average Bonchev–Trinajstić information content (AvgIpc) is 2.51. The highest BCUT2D eigenvalue weighted by atomic mass is 79.9. The number of halogens is 2. The summed E-state index contributed by atoms with van der Waals surface area (Å²) in [6.07, 6.45) is 0.927. The van der Waals surface area contributed by atoms with Crippen LogP contribution >= 0.6 is 27.5 Å². The van der Waals surface area contributed by atoms with Crippen molar-refractivity contribution < 1.29 is 13.2 Å². The lowest BCUT2D eigenvalue weighted by Crippen LogP contribution is -2.49. The summed E-state index contributed by atoms with van der Waals surface area (Å²) >= 11 is 9.37. The van der Waals surface area contributed by atoms with E-state index < -0.39 is 10.0 Å². The molecule has 0 radical (unpaired) electrons. The van der Waals surface area contributed by atoms with Gasteiger partial charge >= 0.3 is 0 Å². The molecular weight excluding hydrogens is 416 g/mol. The summed E-state index contributed by atoms with van der Waals surface area (Å²) in [7, 11) is -3.64. The number of morpholine rings is 1. The van der Waals surface area contributed by atoms with E-state index in [1.165, 1.54) is 6.07 Å². The van der Waals surface area contributed by atoms with Crippen molar-refractivity contribution in [2.75, 3.05) is 32.8 Å². The van der Waals surface area contributed by atoms with Crippen molar-refractivity contribution in [3.05, 3.63) is 27.7 Å². The Morgan fingerprint density at radius 1 is 1.33 bits per heavy atom. The predicted octanol–water partition coefficient (Wildman–Crippen LogP) is 3.13. The van der Waals surface area contributed by atoms with E-state index in [9.17, 15) is 8.42 Å². The number of ether oxygens (including phenoxy) is 1. The molecule has 1 unspecified atom stereocenters. The van der Waals surface area contributed by atoms with Gasteiger partial charge in [-0.3, -0.25) is 4.90 Å². The van der Waals surface area contributed by atoms with Gasteiger partial charge in [0, 0.05) is 30.1 Å². The molecule has 0 spiro atoms. The molecule has 5 nitrogen and oxygen atoms in total. The minimum absolute atomic E-state index is 0.109. The summed E-state index contributed by atoms with van der Waals surface area (Å²) in [5.41, 5.74) is 0. The third kappa shape index (κ3) is 5.68. The zero-order valence-electron chi connectivity index (χ0n) is 14.0. The summed E-state index contributed by atoms with van der Waals surface area (Å²) < 4.78 is 34.0. The summed E-state index contributed by atoms with van der Waals surface area (Å²) in [4.78, 5) is 2.41. The van der Waals surface area contributed by atoms with E-state index >= 15 is 0 Å². The molecular formula is C16H24BrClN2O3S. The maximum Gasteiger partial charge on any atom is 0.242 e. The van der Waals surface area contributed by atoms with Crippen LogP contribution in [0.2, 0.25) is 5.02 Å². The van der Waals surface area contributed by atoms with Gasteiger partial charge in [0.2, 0.25) is 10.0 Å². The van der Waals surface area contributed by atoms with Gasteiger partial charge in [-0.25, -0.2) is 13.1 Å². The molecule has 1 N–H and O–H groups in total. The van der Waals surface area contributed by atoms with E-state index in [1.54, 1.807) is 12.1 Å². The van der Waals surface area contributed by atoms with Gasteiger partial charge in [-0.15, -0.1) is 0 Å². The first-order valence-corrected chi connectivity index (χ1v) is 10.7. The monoisotopic (exact) mass is 438 g/mol. The van der Waals surface area contributed by atoms with Crippen molar-refractivity contribution in [1.29, 1.82) is 0 Å². The predicted molar refractivity (Wildman–Crippen MR) is 100.0 cm³/mol. The maximum atomic E-state index is 12.6. The third-order valence-corrected chi connectivity index (χ3v) is 6.40. The second kappa shape index (κ2) is 8.96. The van der Waals surface area contributed by atoms with Gasteiger partial charge in [-0.1, -0.05) is 41.4 Å². The molecule has 0 aliphatic carbocycles. The fourth-order valence-electron chi connectivity index (χ4n) is 2.83. The lowest BCUT2D eigenvalue weighted by molar-refractivity contribution is 0.0134. The van der Waals surface area contributed by atoms with Gasteiger partial charge in [0.25, 0.3) is 0 Å². The summed E-state index contributed by atoms with van der Waals surface area (Å²) in [5, 5.41) is 0.212. The summed E-state index contributed by atoms with van der Waals surface area (Å²) in [5.74, 6) is 0.485. The first-order valence-electron chi connectivity index (χ1n) is 8.06.